The van der Waals surface area contributed by atoms with Gasteiger partial charge in [0.25, 0.3) is 0 Å². The maximum Gasteiger partial charge on any atom is 0.222 e. The molecule has 0 bridgehead atoms. The lowest BCUT2D eigenvalue weighted by Crippen LogP contribution is -2.62. The molecule has 1 aliphatic carbocycles. The fraction of sp³-hybridized carbons (Fsp3) is 0.684. The largest absolute Gasteiger partial charge is 0.392 e. The molecule has 0 unspecified atom stereocenters. The van der Waals surface area contributed by atoms with Crippen LogP contribution in [0.25, 0.3) is 0 Å². The summed E-state index contributed by atoms with van der Waals surface area (Å²) in [5.41, 5.74) is 0.931. The van der Waals surface area contributed by atoms with Crippen molar-refractivity contribution in [2.75, 3.05) is 19.7 Å². The van der Waals surface area contributed by atoms with Gasteiger partial charge in [-0.15, -0.1) is 0 Å². The molecule has 1 spiro atoms. The Labute approximate surface area is 144 Å². The molecule has 1 N–H and O–H groups in total. The molecule has 2 atom stereocenters. The molecule has 0 aromatic carbocycles. The van der Waals surface area contributed by atoms with Crippen LogP contribution in [0.1, 0.15) is 44.7 Å². The Morgan fingerprint density at radius 2 is 2.21 bits per heavy atom. The zero-order chi connectivity index (χ0) is 17.0. The van der Waals surface area contributed by atoms with Gasteiger partial charge in [0, 0.05) is 49.8 Å². The van der Waals surface area contributed by atoms with Crippen molar-refractivity contribution in [3.8, 4) is 0 Å². The highest BCUT2D eigenvalue weighted by molar-refractivity contribution is 5.76. The summed E-state index contributed by atoms with van der Waals surface area (Å²) in [6, 6.07) is 5.89. The summed E-state index contributed by atoms with van der Waals surface area (Å²) in [5.74, 6) is 0.225. The predicted octanol–water partition coefficient (Wildman–Crippen LogP) is 2.18. The summed E-state index contributed by atoms with van der Waals surface area (Å²) in [5, 5.41) is 10.2. The van der Waals surface area contributed by atoms with Crippen molar-refractivity contribution in [1.29, 1.82) is 0 Å². The van der Waals surface area contributed by atoms with Crippen molar-refractivity contribution in [1.82, 2.24) is 9.88 Å². The van der Waals surface area contributed by atoms with E-state index in [1.165, 1.54) is 0 Å². The summed E-state index contributed by atoms with van der Waals surface area (Å²) in [6.07, 6.45) is 6.38. The highest BCUT2D eigenvalue weighted by atomic mass is 16.5. The number of amides is 1. The highest BCUT2D eigenvalue weighted by Crippen LogP contribution is 2.50. The fourth-order valence-electron chi connectivity index (χ4n) is 4.11. The first-order valence-corrected chi connectivity index (χ1v) is 9.13. The summed E-state index contributed by atoms with van der Waals surface area (Å²) in [6.45, 7) is 4.17. The number of carbonyl (C=O) groups excluding carboxylic acids is 1. The zero-order valence-electron chi connectivity index (χ0n) is 14.5. The number of aliphatic hydroxyl groups is 1. The minimum Gasteiger partial charge on any atom is -0.392 e. The van der Waals surface area contributed by atoms with Gasteiger partial charge in [-0.3, -0.25) is 9.78 Å². The minimum absolute atomic E-state index is 0.110. The molecule has 1 aromatic heterocycles. The third-order valence-electron chi connectivity index (χ3n) is 5.71. The lowest BCUT2D eigenvalue weighted by Gasteiger charge is -2.56. The van der Waals surface area contributed by atoms with E-state index in [1.54, 1.807) is 6.20 Å². The number of aromatic nitrogens is 1. The molecule has 3 rings (SSSR count). The van der Waals surface area contributed by atoms with Gasteiger partial charge in [0.2, 0.25) is 5.91 Å². The topological polar surface area (TPSA) is 62.7 Å². The van der Waals surface area contributed by atoms with Gasteiger partial charge in [-0.1, -0.05) is 6.07 Å². The van der Waals surface area contributed by atoms with Crippen LogP contribution in [0.2, 0.25) is 0 Å². The lowest BCUT2D eigenvalue weighted by molar-refractivity contribution is -0.210. The molecular weight excluding hydrogens is 304 g/mol. The zero-order valence-corrected chi connectivity index (χ0v) is 14.5. The molecule has 24 heavy (non-hydrogen) atoms. The number of aliphatic hydroxyl groups excluding tert-OH is 1. The third kappa shape index (κ3) is 3.47. The second-order valence-electron chi connectivity index (χ2n) is 6.98. The summed E-state index contributed by atoms with van der Waals surface area (Å²) in [7, 11) is 0. The first-order valence-electron chi connectivity index (χ1n) is 9.13. The van der Waals surface area contributed by atoms with Crippen LogP contribution in [-0.4, -0.2) is 52.8 Å². The smallest absolute Gasteiger partial charge is 0.222 e. The maximum absolute atomic E-state index is 12.4. The van der Waals surface area contributed by atoms with Crippen molar-refractivity contribution in [2.45, 2.75) is 57.7 Å². The number of carbonyl (C=O) groups is 1. The molecule has 2 fully saturated rings. The van der Waals surface area contributed by atoms with Crippen LogP contribution in [0.4, 0.5) is 0 Å². The first-order chi connectivity index (χ1) is 11.7. The Balaban J connectivity index is 1.43. The number of rotatable bonds is 6. The number of nitrogens with zero attached hydrogens (tertiary/aromatic N) is 2. The van der Waals surface area contributed by atoms with Gasteiger partial charge in [0.15, 0.2) is 0 Å². The molecule has 0 radical (unpaired) electrons. The number of hydrogen-bond donors (Lipinski definition) is 1. The number of likely N-dealkylation sites (tertiary alicyclic amines) is 1. The van der Waals surface area contributed by atoms with Crippen LogP contribution >= 0.6 is 0 Å². The number of aryl methyl sites for hydroxylation is 1. The number of ether oxygens (including phenoxy) is 1. The first kappa shape index (κ1) is 17.4. The Morgan fingerprint density at radius 1 is 1.42 bits per heavy atom. The summed E-state index contributed by atoms with van der Waals surface area (Å²) >= 11 is 0. The molecule has 5 heteroatoms. The van der Waals surface area contributed by atoms with Crippen LogP contribution in [0.5, 0.6) is 0 Å². The van der Waals surface area contributed by atoms with Crippen molar-refractivity contribution in [3.63, 3.8) is 0 Å². The quantitative estimate of drug-likeness (QED) is 0.867. The third-order valence-corrected chi connectivity index (χ3v) is 5.71. The molecule has 1 amide bonds. The maximum atomic E-state index is 12.4. The molecular formula is C19H28N2O3. The molecule has 2 heterocycles. The van der Waals surface area contributed by atoms with Crippen molar-refractivity contribution in [3.05, 3.63) is 30.1 Å². The molecule has 1 saturated carbocycles. The Bertz CT molecular complexity index is 539. The Hall–Kier alpha value is -1.46. The highest BCUT2D eigenvalue weighted by Gasteiger charge is 2.56. The number of hydrogen-bond acceptors (Lipinski definition) is 4. The van der Waals surface area contributed by atoms with E-state index in [1.807, 2.05) is 30.0 Å². The van der Waals surface area contributed by atoms with Crippen molar-refractivity contribution >= 4 is 5.91 Å². The van der Waals surface area contributed by atoms with Gasteiger partial charge in [-0.25, -0.2) is 0 Å². The van der Waals surface area contributed by atoms with Crippen molar-refractivity contribution < 1.29 is 14.6 Å². The second kappa shape index (κ2) is 7.62. The van der Waals surface area contributed by atoms with E-state index < -0.39 is 0 Å². The Morgan fingerprint density at radius 3 is 2.83 bits per heavy atom. The Kier molecular flexibility index (Phi) is 5.51. The predicted molar refractivity (Wildman–Crippen MR) is 91.5 cm³/mol. The molecule has 1 saturated heterocycles. The van der Waals surface area contributed by atoms with Gasteiger partial charge in [0.1, 0.15) is 0 Å². The average molecular weight is 332 g/mol. The molecule has 5 nitrogen and oxygen atoms in total. The van der Waals surface area contributed by atoms with Gasteiger partial charge in [0.05, 0.1) is 12.2 Å². The fourth-order valence-corrected chi connectivity index (χ4v) is 4.11. The average Bonchev–Trinajstić information content (AvgIpc) is 2.62. The van der Waals surface area contributed by atoms with Gasteiger partial charge in [-0.2, -0.15) is 0 Å². The van der Waals surface area contributed by atoms with E-state index in [4.69, 9.17) is 4.74 Å². The summed E-state index contributed by atoms with van der Waals surface area (Å²) < 4.78 is 5.78. The van der Waals surface area contributed by atoms with Gasteiger partial charge < -0.3 is 14.7 Å². The molecule has 1 aliphatic heterocycles. The van der Waals surface area contributed by atoms with Gasteiger partial charge in [-0.05, 0) is 44.7 Å². The van der Waals surface area contributed by atoms with Crippen LogP contribution in [0.3, 0.4) is 0 Å². The van der Waals surface area contributed by atoms with E-state index in [0.29, 0.717) is 13.0 Å². The van der Waals surface area contributed by atoms with Crippen LogP contribution in [0, 0.1) is 5.41 Å². The molecule has 2 aliphatic rings. The SMILES string of the molecule is CCO[C@@H]1C[C@H](O)C12CCN(C(=O)CCCc1ccccn1)CC2. The van der Waals surface area contributed by atoms with Crippen LogP contribution in [0.15, 0.2) is 24.4 Å². The van der Waals surface area contributed by atoms with E-state index in [9.17, 15) is 9.90 Å². The van der Waals surface area contributed by atoms with Crippen molar-refractivity contribution in [2.24, 2.45) is 5.41 Å². The molecule has 1 aromatic rings. The van der Waals surface area contributed by atoms with E-state index in [-0.39, 0.29) is 23.5 Å². The standard InChI is InChI=1S/C19H28N2O3/c1-2-24-17-14-16(22)19(17)9-12-21(13-10-19)18(23)8-5-7-15-6-3-4-11-20-15/h3-4,6,11,16-17,22H,2,5,7-10,12-14H2,1H3/t16-,17+/m0/s1. The van der Waals surface area contributed by atoms with Gasteiger partial charge >= 0.3 is 0 Å². The second-order valence-corrected chi connectivity index (χ2v) is 6.98. The van der Waals surface area contributed by atoms with E-state index in [0.717, 1.165) is 50.9 Å². The number of pyridine rings is 1. The van der Waals surface area contributed by atoms with Crippen LogP contribution in [-0.2, 0) is 16.0 Å². The van der Waals surface area contributed by atoms with Crippen LogP contribution < -0.4 is 0 Å². The lowest BCUT2D eigenvalue weighted by atomic mass is 9.58. The molecule has 132 valence electrons. The monoisotopic (exact) mass is 332 g/mol. The van der Waals surface area contributed by atoms with E-state index >= 15 is 0 Å². The van der Waals surface area contributed by atoms with E-state index in [2.05, 4.69) is 4.98 Å². The minimum atomic E-state index is -0.268. The summed E-state index contributed by atoms with van der Waals surface area (Å²) in [4.78, 5) is 18.7. The number of piperidine rings is 1. The normalized spacial score (nSPS) is 25.5.